The van der Waals surface area contributed by atoms with Gasteiger partial charge in [-0.1, -0.05) is 17.7 Å². The Balaban J connectivity index is 2.11. The average Bonchev–Trinajstić information content (AvgIpc) is 2.92. The Labute approximate surface area is 210 Å². The van der Waals surface area contributed by atoms with Gasteiger partial charge in [0.1, 0.15) is 17.6 Å². The molecule has 0 saturated heterocycles. The number of aromatic nitrogens is 1. The lowest BCUT2D eigenvalue weighted by molar-refractivity contribution is -0.111. The second kappa shape index (κ2) is 10.8. The molecule has 0 aliphatic carbocycles. The van der Waals surface area contributed by atoms with E-state index < -0.39 is 61.4 Å². The van der Waals surface area contributed by atoms with Gasteiger partial charge in [-0.15, -0.1) is 0 Å². The normalized spacial score (nSPS) is 16.5. The van der Waals surface area contributed by atoms with Gasteiger partial charge >= 0.3 is 0 Å². The van der Waals surface area contributed by atoms with Gasteiger partial charge in [0.15, 0.2) is 0 Å². The first kappa shape index (κ1) is 13.8. The van der Waals surface area contributed by atoms with Crippen LogP contribution in [0.2, 0.25) is 5.02 Å². The van der Waals surface area contributed by atoms with Gasteiger partial charge < -0.3 is 20.3 Å². The van der Waals surface area contributed by atoms with Gasteiger partial charge in [0.2, 0.25) is 5.91 Å². The van der Waals surface area contributed by atoms with Gasteiger partial charge in [0.25, 0.3) is 0 Å². The van der Waals surface area contributed by atoms with Gasteiger partial charge in [0, 0.05) is 44.2 Å². The topological polar surface area (TPSA) is 90.3 Å². The summed E-state index contributed by atoms with van der Waals surface area (Å²) in [6.45, 7) is -5.02. The van der Waals surface area contributed by atoms with Crippen LogP contribution in [0.4, 0.5) is 21.5 Å². The predicted octanol–water partition coefficient (Wildman–Crippen LogP) is 5.10. The number of nitrogens with one attached hydrogen (secondary N) is 2. The monoisotopic (exact) mass is 477 g/mol. The highest BCUT2D eigenvalue weighted by molar-refractivity contribution is 6.31. The highest BCUT2D eigenvalue weighted by Crippen LogP contribution is 2.36. The zero-order valence-corrected chi connectivity index (χ0v) is 17.9. The van der Waals surface area contributed by atoms with Crippen LogP contribution in [0, 0.1) is 17.1 Å². The van der Waals surface area contributed by atoms with Crippen molar-refractivity contribution in [1.29, 1.82) is 5.26 Å². The molecule has 3 rings (SSSR count). The minimum Gasteiger partial charge on any atom is -0.492 e. The summed E-state index contributed by atoms with van der Waals surface area (Å²) in [5.41, 5.74) is -0.299. The SMILES string of the molecule is [2H]/C(=C\CN(C([2H])([2H])[2H])C([2H])([2H])[2H])C(=O)Nc1cc2c(Nc3c([2H])c([2H])c(F)c(Cl)c3[2H])c(C#N)cnc2cc1OCC. The Morgan fingerprint density at radius 1 is 1.48 bits per heavy atom. The second-order valence-corrected chi connectivity index (χ2v) is 6.75. The number of amides is 1. The summed E-state index contributed by atoms with van der Waals surface area (Å²) in [7, 11) is 0. The number of nitrogens with zero attached hydrogens (tertiary/aromatic N) is 3. The zero-order valence-electron chi connectivity index (χ0n) is 27.1. The van der Waals surface area contributed by atoms with Crippen molar-refractivity contribution in [1.82, 2.24) is 9.88 Å². The van der Waals surface area contributed by atoms with Crippen molar-refractivity contribution in [3.63, 3.8) is 0 Å². The smallest absolute Gasteiger partial charge is 0.248 e. The lowest BCUT2D eigenvalue weighted by atomic mass is 10.1. The molecular weight excluding hydrogens is 445 g/mol. The van der Waals surface area contributed by atoms with Crippen LogP contribution >= 0.6 is 11.6 Å². The van der Waals surface area contributed by atoms with E-state index in [4.69, 9.17) is 30.0 Å². The summed E-state index contributed by atoms with van der Waals surface area (Å²) < 4.78 is 96.4. The molecule has 1 amide bonds. The molecule has 0 saturated carbocycles. The molecule has 0 unspecified atom stereocenters. The Kier molecular flexibility index (Phi) is 4.50. The van der Waals surface area contributed by atoms with Crippen LogP contribution in [-0.2, 0) is 4.79 Å². The first-order chi connectivity index (χ1) is 19.9. The molecule has 2 N–H and O–H groups in total. The van der Waals surface area contributed by atoms with E-state index in [2.05, 4.69) is 15.6 Å². The fourth-order valence-electron chi connectivity index (χ4n) is 2.76. The van der Waals surface area contributed by atoms with Crippen molar-refractivity contribution in [3.05, 3.63) is 65.0 Å². The molecule has 0 aliphatic rings. The van der Waals surface area contributed by atoms with Crippen molar-refractivity contribution in [2.24, 2.45) is 0 Å². The van der Waals surface area contributed by atoms with Crippen LogP contribution in [-0.4, -0.2) is 42.9 Å². The Bertz CT molecular complexity index is 1610. The molecule has 2 aromatic carbocycles. The van der Waals surface area contributed by atoms with Crippen LogP contribution in [0.3, 0.4) is 0 Å². The summed E-state index contributed by atoms with van der Waals surface area (Å²) in [6.07, 6.45) is 2.00. The lowest BCUT2D eigenvalue weighted by Crippen LogP contribution is -2.13. The minimum absolute atomic E-state index is 0.0252. The van der Waals surface area contributed by atoms with E-state index in [0.717, 1.165) is 6.08 Å². The van der Waals surface area contributed by atoms with Gasteiger partial charge in [0.05, 0.1) is 39.6 Å². The van der Waals surface area contributed by atoms with E-state index in [9.17, 15) is 14.4 Å². The number of benzene rings is 2. The van der Waals surface area contributed by atoms with E-state index in [1.807, 2.05) is 6.07 Å². The fraction of sp³-hybridized carbons (Fsp3) is 0.208. The number of pyridine rings is 1. The Morgan fingerprint density at radius 2 is 2.30 bits per heavy atom. The number of ether oxygens (including phenoxy) is 1. The molecule has 0 bridgehead atoms. The lowest BCUT2D eigenvalue weighted by Gasteiger charge is -2.16. The van der Waals surface area contributed by atoms with Crippen molar-refractivity contribution in [2.45, 2.75) is 6.92 Å². The van der Waals surface area contributed by atoms with Crippen molar-refractivity contribution < 1.29 is 27.6 Å². The fourth-order valence-corrected chi connectivity index (χ4v) is 2.90. The molecule has 0 atom stereocenters. The van der Waals surface area contributed by atoms with Crippen LogP contribution in [0.1, 0.15) is 26.2 Å². The molecule has 33 heavy (non-hydrogen) atoms. The number of anilines is 3. The third-order valence-electron chi connectivity index (χ3n) is 4.12. The second-order valence-electron chi connectivity index (χ2n) is 6.37. The third kappa shape index (κ3) is 5.98. The molecule has 1 aromatic heterocycles. The molecule has 170 valence electrons. The zero-order chi connectivity index (χ0) is 32.4. The minimum atomic E-state index is -3.03. The quantitative estimate of drug-likeness (QED) is 0.439. The number of rotatable bonds is 8. The van der Waals surface area contributed by atoms with Crippen molar-refractivity contribution in [2.75, 3.05) is 37.7 Å². The first-order valence-electron chi connectivity index (χ1n) is 14.4. The van der Waals surface area contributed by atoms with E-state index in [-0.39, 0.29) is 50.8 Å². The molecule has 0 spiro atoms. The summed E-state index contributed by atoms with van der Waals surface area (Å²) in [5.74, 6) is -2.22. The predicted molar refractivity (Wildman–Crippen MR) is 129 cm³/mol. The van der Waals surface area contributed by atoms with Crippen LogP contribution in [0.5, 0.6) is 5.75 Å². The molecular formula is C24H23ClFN5O2. The van der Waals surface area contributed by atoms with Crippen molar-refractivity contribution >= 4 is 45.5 Å². The van der Waals surface area contributed by atoms with Gasteiger partial charge in [-0.05, 0) is 45.1 Å². The molecule has 9 heteroatoms. The summed E-state index contributed by atoms with van der Waals surface area (Å²) >= 11 is 5.85. The maximum Gasteiger partial charge on any atom is 0.248 e. The van der Waals surface area contributed by atoms with E-state index >= 15 is 0 Å². The van der Waals surface area contributed by atoms with E-state index in [0.29, 0.717) is 0 Å². The summed E-state index contributed by atoms with van der Waals surface area (Å²) in [4.78, 5) is 17.3. The molecule has 0 fully saturated rings. The van der Waals surface area contributed by atoms with Crippen molar-refractivity contribution in [3.8, 4) is 11.8 Å². The maximum atomic E-state index is 14.2. The number of fused-ring (bicyclic) bond motifs is 1. The Hall–Kier alpha value is -3.67. The number of hydrogen-bond donors (Lipinski definition) is 2. The summed E-state index contributed by atoms with van der Waals surface area (Å²) in [6, 6.07) is 1.64. The van der Waals surface area contributed by atoms with Gasteiger partial charge in [-0.25, -0.2) is 4.39 Å². The summed E-state index contributed by atoms with van der Waals surface area (Å²) in [5, 5.41) is 14.3. The maximum absolute atomic E-state index is 14.2. The van der Waals surface area contributed by atoms with E-state index in [1.54, 1.807) is 6.92 Å². The van der Waals surface area contributed by atoms with Crippen LogP contribution in [0.25, 0.3) is 10.9 Å². The van der Waals surface area contributed by atoms with Crippen LogP contribution in [0.15, 0.2) is 48.6 Å². The third-order valence-corrected chi connectivity index (χ3v) is 4.38. The standard InChI is InChI=1S/C24H23ClFN5O2/c1-4-33-22-12-20-17(11-21(22)30-23(32)6-5-9-31(2)3)24(15(13-27)14-28-20)29-16-7-8-19(26)18(25)10-16/h5-8,10-12,14H,4,9H2,1-3H3,(H,28,29)(H,30,32)/b6-5+/i2D3,3D3,6D,7D,8D,10D. The van der Waals surface area contributed by atoms with E-state index in [1.165, 1.54) is 18.3 Å². The molecule has 3 aromatic rings. The van der Waals surface area contributed by atoms with Gasteiger partial charge in [-0.3, -0.25) is 9.78 Å². The van der Waals surface area contributed by atoms with Crippen LogP contribution < -0.4 is 15.4 Å². The molecule has 1 heterocycles. The molecule has 7 nitrogen and oxygen atoms in total. The largest absolute Gasteiger partial charge is 0.492 e. The highest BCUT2D eigenvalue weighted by atomic mass is 35.5. The number of carbonyl (C=O) groups excluding carboxylic acids is 1. The number of likely N-dealkylation sites (N-methyl/N-ethyl adjacent to an activating group) is 1. The highest BCUT2D eigenvalue weighted by Gasteiger charge is 2.15. The Morgan fingerprint density at radius 3 is 3.03 bits per heavy atom. The number of carbonyl (C=O) groups is 1. The first-order valence-corrected chi connectivity index (χ1v) is 9.77. The average molecular weight is 478 g/mol. The number of halogens is 2. The number of hydrogen-bond acceptors (Lipinski definition) is 6. The molecule has 0 aliphatic heterocycles. The van der Waals surface area contributed by atoms with Gasteiger partial charge in [-0.2, -0.15) is 5.26 Å². The molecule has 0 radical (unpaired) electrons. The number of nitriles is 1.